The zero-order valence-corrected chi connectivity index (χ0v) is 23.3. The average Bonchev–Trinajstić information content (AvgIpc) is 3.10. The Morgan fingerprint density at radius 3 is 2.09 bits per heavy atom. The van der Waals surface area contributed by atoms with E-state index in [-0.39, 0.29) is 22.7 Å². The summed E-state index contributed by atoms with van der Waals surface area (Å²) in [5.74, 6) is -4.16. The highest BCUT2D eigenvalue weighted by Crippen LogP contribution is 2.77. The van der Waals surface area contributed by atoms with Crippen LogP contribution in [0.2, 0.25) is 0 Å². The number of rotatable bonds is 5. The minimum Gasteiger partial charge on any atom is -0.387 e. The summed E-state index contributed by atoms with van der Waals surface area (Å²) in [6.45, 7) is 19.0. The highest BCUT2D eigenvalue weighted by atomic mass is 16.6. The van der Waals surface area contributed by atoms with Gasteiger partial charge in [0.2, 0.25) is 11.6 Å². The van der Waals surface area contributed by atoms with Crippen LogP contribution >= 0.6 is 0 Å². The van der Waals surface area contributed by atoms with Crippen LogP contribution in [0.25, 0.3) is 0 Å². The lowest BCUT2D eigenvalue weighted by molar-refractivity contribution is -0.480. The van der Waals surface area contributed by atoms with Crippen molar-refractivity contribution in [3.63, 3.8) is 0 Å². The summed E-state index contributed by atoms with van der Waals surface area (Å²) in [7, 11) is 0. The van der Waals surface area contributed by atoms with Crippen molar-refractivity contribution in [1.82, 2.24) is 0 Å². The highest BCUT2D eigenvalue weighted by molar-refractivity contribution is 5.23. The van der Waals surface area contributed by atoms with Crippen molar-refractivity contribution in [3.05, 3.63) is 12.2 Å². The Balaban J connectivity index is 1.69. The second-order valence-electron chi connectivity index (χ2n) is 14.6. The maximum Gasteiger partial charge on any atom is 0.246 e. The molecule has 35 heavy (non-hydrogen) atoms. The van der Waals surface area contributed by atoms with Gasteiger partial charge in [0.05, 0.1) is 0 Å². The molecule has 202 valence electrons. The molecule has 0 amide bonds. The van der Waals surface area contributed by atoms with Crippen LogP contribution in [0.4, 0.5) is 0 Å². The Labute approximate surface area is 213 Å². The topological polar surface area (TPSA) is 101 Å². The lowest BCUT2D eigenvalue weighted by Gasteiger charge is -2.73. The molecule has 9 atom stereocenters. The Bertz CT molecular complexity index is 848. The van der Waals surface area contributed by atoms with E-state index >= 15 is 0 Å². The second-order valence-corrected chi connectivity index (χ2v) is 14.6. The molecule has 4 saturated carbocycles. The summed E-state index contributed by atoms with van der Waals surface area (Å²) < 4.78 is 0. The molecular weight excluding hydrogens is 440 g/mol. The third-order valence-corrected chi connectivity index (χ3v) is 12.8. The van der Waals surface area contributed by atoms with Gasteiger partial charge in [-0.05, 0) is 104 Å². The zero-order valence-electron chi connectivity index (χ0n) is 23.3. The van der Waals surface area contributed by atoms with Gasteiger partial charge in [0.25, 0.3) is 0 Å². The maximum absolute atomic E-state index is 11.5. The van der Waals surface area contributed by atoms with Crippen LogP contribution in [0, 0.1) is 51.2 Å². The fraction of sp³-hybridized carbons (Fsp3) is 0.933. The van der Waals surface area contributed by atoms with Gasteiger partial charge in [-0.15, -0.1) is 6.58 Å². The van der Waals surface area contributed by atoms with Crippen LogP contribution in [-0.4, -0.2) is 43.2 Å². The minimum atomic E-state index is -2.99. The van der Waals surface area contributed by atoms with Crippen LogP contribution in [0.15, 0.2) is 12.2 Å². The number of hydrogen-bond acceptors (Lipinski definition) is 5. The van der Waals surface area contributed by atoms with Gasteiger partial charge < -0.3 is 25.5 Å². The van der Waals surface area contributed by atoms with Crippen molar-refractivity contribution in [1.29, 1.82) is 0 Å². The number of fused-ring (bicyclic) bond motifs is 5. The van der Waals surface area contributed by atoms with Crippen LogP contribution in [0.1, 0.15) is 106 Å². The molecule has 5 nitrogen and oxygen atoms in total. The summed E-state index contributed by atoms with van der Waals surface area (Å²) >= 11 is 0. The van der Waals surface area contributed by atoms with Gasteiger partial charge in [0.1, 0.15) is 6.10 Å². The molecule has 5 heteroatoms. The lowest BCUT2D eigenvalue weighted by atomic mass is 9.33. The van der Waals surface area contributed by atoms with Crippen molar-refractivity contribution in [3.8, 4) is 0 Å². The predicted molar refractivity (Wildman–Crippen MR) is 138 cm³/mol. The molecule has 0 aromatic heterocycles. The van der Waals surface area contributed by atoms with E-state index in [1.165, 1.54) is 24.8 Å². The second kappa shape index (κ2) is 8.27. The third-order valence-electron chi connectivity index (χ3n) is 12.8. The van der Waals surface area contributed by atoms with Crippen LogP contribution in [-0.2, 0) is 0 Å². The van der Waals surface area contributed by atoms with Crippen molar-refractivity contribution >= 4 is 0 Å². The number of allylic oxidation sites excluding steroid dienone is 1. The summed E-state index contributed by atoms with van der Waals surface area (Å²) in [4.78, 5) is 0. The van der Waals surface area contributed by atoms with Crippen molar-refractivity contribution in [2.24, 2.45) is 51.2 Å². The van der Waals surface area contributed by atoms with Crippen molar-refractivity contribution in [2.75, 3.05) is 0 Å². The molecule has 4 fully saturated rings. The molecule has 4 aliphatic rings. The van der Waals surface area contributed by atoms with Gasteiger partial charge >= 0.3 is 0 Å². The van der Waals surface area contributed by atoms with E-state index in [0.29, 0.717) is 17.8 Å². The van der Waals surface area contributed by atoms with E-state index < -0.39 is 28.5 Å². The Morgan fingerprint density at radius 1 is 0.886 bits per heavy atom. The van der Waals surface area contributed by atoms with Gasteiger partial charge in [-0.2, -0.15) is 0 Å². The highest BCUT2D eigenvalue weighted by Gasteiger charge is 2.80. The van der Waals surface area contributed by atoms with Crippen LogP contribution < -0.4 is 0 Å². The first kappa shape index (κ1) is 27.6. The molecule has 0 aromatic carbocycles. The van der Waals surface area contributed by atoms with Gasteiger partial charge in [-0.25, -0.2) is 0 Å². The van der Waals surface area contributed by atoms with E-state index in [2.05, 4.69) is 34.3 Å². The minimum absolute atomic E-state index is 0.0705. The first-order valence-electron chi connectivity index (χ1n) is 14.1. The number of aliphatic hydroxyl groups is 5. The smallest absolute Gasteiger partial charge is 0.246 e. The van der Waals surface area contributed by atoms with Gasteiger partial charge in [-0.1, -0.05) is 53.5 Å². The molecule has 0 aromatic rings. The van der Waals surface area contributed by atoms with E-state index in [0.717, 1.165) is 38.5 Å². The van der Waals surface area contributed by atoms with Gasteiger partial charge in [-0.3, -0.25) is 0 Å². The number of aliphatic hydroxyl groups excluding tert-OH is 1. The van der Waals surface area contributed by atoms with Crippen LogP contribution in [0.3, 0.4) is 0 Å². The fourth-order valence-corrected chi connectivity index (χ4v) is 10.6. The monoisotopic (exact) mass is 492 g/mol. The van der Waals surface area contributed by atoms with Gasteiger partial charge in [0, 0.05) is 5.41 Å². The van der Waals surface area contributed by atoms with E-state index in [1.807, 2.05) is 20.8 Å². The standard InChI is InChI=1S/C30H52O5/c1-18(2)10-9-11-19(3)20-14-16-26(6)21(20)12-13-23-27(26,7)17-15-22-25(4,5)24(31)29(32,33)30(34,35)28(22,23)8/h19-24,31-35H,1,9-17H2,2-8H3/t19-,20-,21-,22+,23+,24?,26-,27-,28+/m1/s1. The average molecular weight is 493 g/mol. The molecule has 0 spiro atoms. The third kappa shape index (κ3) is 3.37. The molecule has 0 saturated heterocycles. The van der Waals surface area contributed by atoms with E-state index in [9.17, 15) is 25.5 Å². The van der Waals surface area contributed by atoms with E-state index in [4.69, 9.17) is 0 Å². The fourth-order valence-electron chi connectivity index (χ4n) is 10.6. The molecule has 0 bridgehead atoms. The molecule has 0 aliphatic heterocycles. The molecule has 4 aliphatic carbocycles. The van der Waals surface area contributed by atoms with Crippen molar-refractivity contribution in [2.45, 2.75) is 124 Å². The normalized spacial score (nSPS) is 48.4. The lowest BCUT2D eigenvalue weighted by Crippen LogP contribution is -2.82. The number of hydrogen-bond donors (Lipinski definition) is 5. The van der Waals surface area contributed by atoms with E-state index in [1.54, 1.807) is 0 Å². The van der Waals surface area contributed by atoms with Gasteiger partial charge in [0.15, 0.2) is 0 Å². The molecular formula is C30H52O5. The summed E-state index contributed by atoms with van der Waals surface area (Å²) in [6.07, 6.45) is 7.83. The Hall–Kier alpha value is -0.460. The SMILES string of the molecule is C=C(C)CCC[C@@H](C)[C@H]1CC[C@]2(C)[C@@H]1CC[C@@H]1[C@]3(C)[C@@H](CC[C@]12C)C(C)(C)C(O)C(O)(O)C3(O)O. The quantitative estimate of drug-likeness (QED) is 0.275. The first-order valence-corrected chi connectivity index (χ1v) is 14.1. The molecule has 1 unspecified atom stereocenters. The molecule has 4 rings (SSSR count). The Morgan fingerprint density at radius 2 is 1.49 bits per heavy atom. The molecule has 5 N–H and O–H groups in total. The summed E-state index contributed by atoms with van der Waals surface area (Å²) in [6, 6.07) is 0. The summed E-state index contributed by atoms with van der Waals surface area (Å²) in [5.41, 5.74) is -0.819. The predicted octanol–water partition coefficient (Wildman–Crippen LogP) is 5.00. The molecule has 0 radical (unpaired) electrons. The molecule has 0 heterocycles. The van der Waals surface area contributed by atoms with Crippen molar-refractivity contribution < 1.29 is 25.5 Å². The maximum atomic E-state index is 11.5. The largest absolute Gasteiger partial charge is 0.387 e. The first-order chi connectivity index (χ1) is 15.9. The van der Waals surface area contributed by atoms with Crippen LogP contribution in [0.5, 0.6) is 0 Å². The Kier molecular flexibility index (Phi) is 6.51. The zero-order chi connectivity index (χ0) is 26.4. The summed E-state index contributed by atoms with van der Waals surface area (Å²) in [5, 5.41) is 55.8.